The molecule has 0 spiro atoms. The number of ether oxygens (including phenoxy) is 1. The molecule has 118 valence electrons. The van der Waals surface area contributed by atoms with E-state index in [1.807, 2.05) is 13.8 Å². The summed E-state index contributed by atoms with van der Waals surface area (Å²) in [7, 11) is -3.44. The van der Waals surface area contributed by atoms with Crippen molar-refractivity contribution < 1.29 is 13.2 Å². The Morgan fingerprint density at radius 1 is 1.38 bits per heavy atom. The lowest BCUT2D eigenvalue weighted by Crippen LogP contribution is -2.38. The summed E-state index contributed by atoms with van der Waals surface area (Å²) in [6, 6.07) is 2.28. The highest BCUT2D eigenvalue weighted by Gasteiger charge is 2.30. The molecular formula is C14H22N2O3S2. The predicted molar refractivity (Wildman–Crippen MR) is 83.1 cm³/mol. The molecule has 1 aliphatic carbocycles. The Morgan fingerprint density at radius 3 is 2.76 bits per heavy atom. The number of hydrogen-bond acceptors (Lipinski definition) is 5. The summed E-state index contributed by atoms with van der Waals surface area (Å²) in [5, 5.41) is 3.43. The molecule has 1 saturated carbocycles. The van der Waals surface area contributed by atoms with E-state index in [0.29, 0.717) is 16.9 Å². The van der Waals surface area contributed by atoms with E-state index in [0.717, 1.165) is 23.4 Å². The van der Waals surface area contributed by atoms with E-state index in [4.69, 9.17) is 4.74 Å². The van der Waals surface area contributed by atoms with Gasteiger partial charge in [0.25, 0.3) is 0 Å². The first-order valence-electron chi connectivity index (χ1n) is 7.42. The Bertz CT molecular complexity index is 608. The van der Waals surface area contributed by atoms with Crippen molar-refractivity contribution in [2.45, 2.75) is 62.1 Å². The van der Waals surface area contributed by atoms with Gasteiger partial charge in [-0.05, 0) is 44.7 Å². The van der Waals surface area contributed by atoms with Crippen LogP contribution in [0.25, 0.3) is 0 Å². The molecule has 2 heterocycles. The molecule has 1 aliphatic heterocycles. The lowest BCUT2D eigenvalue weighted by Gasteiger charge is -2.15. The molecule has 0 radical (unpaired) electrons. The Morgan fingerprint density at radius 2 is 2.14 bits per heavy atom. The molecule has 1 aromatic heterocycles. The van der Waals surface area contributed by atoms with Crippen LogP contribution in [-0.4, -0.2) is 33.2 Å². The van der Waals surface area contributed by atoms with E-state index >= 15 is 0 Å². The molecule has 2 unspecified atom stereocenters. The summed E-state index contributed by atoms with van der Waals surface area (Å²) in [5.41, 5.74) is 1.05. The van der Waals surface area contributed by atoms with Gasteiger partial charge in [0.05, 0.1) is 12.1 Å². The van der Waals surface area contributed by atoms with Gasteiger partial charge in [0.1, 0.15) is 4.21 Å². The minimum absolute atomic E-state index is 0.0585. The van der Waals surface area contributed by atoms with Gasteiger partial charge < -0.3 is 10.1 Å². The lowest BCUT2D eigenvalue weighted by atomic mass is 10.2. The first-order valence-corrected chi connectivity index (χ1v) is 9.72. The zero-order valence-corrected chi connectivity index (χ0v) is 14.0. The van der Waals surface area contributed by atoms with Crippen LogP contribution in [0.15, 0.2) is 10.3 Å². The molecule has 0 amide bonds. The van der Waals surface area contributed by atoms with Crippen molar-refractivity contribution in [2.24, 2.45) is 0 Å². The van der Waals surface area contributed by atoms with Crippen LogP contribution >= 0.6 is 11.3 Å². The van der Waals surface area contributed by atoms with Gasteiger partial charge in [-0.15, -0.1) is 11.3 Å². The fraction of sp³-hybridized carbons (Fsp3) is 0.714. The molecule has 1 saturated heterocycles. The van der Waals surface area contributed by atoms with Crippen molar-refractivity contribution in [3.8, 4) is 0 Å². The third-order valence-electron chi connectivity index (χ3n) is 4.07. The standard InChI is InChI=1S/C14H22N2O3S2/c1-9-7-14(20-13(9)8-15-11-3-4-11)21(17,18)16-12-5-6-19-10(12)2/h7,10-12,15-16H,3-6,8H2,1-2H3. The first kappa shape index (κ1) is 15.4. The fourth-order valence-corrected chi connectivity index (χ4v) is 5.36. The summed E-state index contributed by atoms with van der Waals surface area (Å²) in [5.74, 6) is 0. The molecule has 5 nitrogen and oxygen atoms in total. The van der Waals surface area contributed by atoms with Crippen LogP contribution in [0.1, 0.15) is 36.6 Å². The second-order valence-electron chi connectivity index (χ2n) is 5.92. The molecule has 2 N–H and O–H groups in total. The van der Waals surface area contributed by atoms with Gasteiger partial charge >= 0.3 is 0 Å². The first-order chi connectivity index (χ1) is 9.95. The molecule has 0 aromatic carbocycles. The van der Waals surface area contributed by atoms with Crippen LogP contribution in [0.5, 0.6) is 0 Å². The number of hydrogen-bond donors (Lipinski definition) is 2. The molecule has 2 aliphatic rings. The van der Waals surface area contributed by atoms with Crippen LogP contribution in [-0.2, 0) is 21.3 Å². The number of sulfonamides is 1. The summed E-state index contributed by atoms with van der Waals surface area (Å²) >= 11 is 1.37. The van der Waals surface area contributed by atoms with Crippen molar-refractivity contribution >= 4 is 21.4 Å². The van der Waals surface area contributed by atoms with Crippen LogP contribution in [0.3, 0.4) is 0 Å². The van der Waals surface area contributed by atoms with Gasteiger partial charge in [-0.25, -0.2) is 13.1 Å². The van der Waals surface area contributed by atoms with Crippen molar-refractivity contribution in [2.75, 3.05) is 6.61 Å². The highest BCUT2D eigenvalue weighted by molar-refractivity contribution is 7.91. The average Bonchev–Trinajstić information content (AvgIpc) is 3.06. The van der Waals surface area contributed by atoms with Crippen LogP contribution in [0.4, 0.5) is 0 Å². The highest BCUT2D eigenvalue weighted by Crippen LogP contribution is 2.28. The summed E-state index contributed by atoms with van der Waals surface area (Å²) in [6.45, 7) is 5.26. The number of rotatable bonds is 6. The molecule has 3 rings (SSSR count). The summed E-state index contributed by atoms with van der Waals surface area (Å²) < 4.78 is 33.5. The SMILES string of the molecule is Cc1cc(S(=O)(=O)NC2CCOC2C)sc1CNC1CC1. The second kappa shape index (κ2) is 5.96. The number of thiophene rings is 1. The molecule has 0 bridgehead atoms. The molecule has 21 heavy (non-hydrogen) atoms. The van der Waals surface area contributed by atoms with Gasteiger partial charge in [0, 0.05) is 24.1 Å². The third kappa shape index (κ3) is 3.65. The van der Waals surface area contributed by atoms with E-state index in [1.54, 1.807) is 6.07 Å². The Balaban J connectivity index is 1.70. The fourth-order valence-electron chi connectivity index (χ4n) is 2.46. The largest absolute Gasteiger partial charge is 0.377 e. The Hall–Kier alpha value is -0.470. The van der Waals surface area contributed by atoms with Gasteiger partial charge in [-0.3, -0.25) is 0 Å². The molecular weight excluding hydrogens is 308 g/mol. The normalized spacial score (nSPS) is 26.4. The second-order valence-corrected chi connectivity index (χ2v) is 9.00. The van der Waals surface area contributed by atoms with Crippen molar-refractivity contribution in [1.29, 1.82) is 0 Å². The molecule has 2 atom stereocenters. The van der Waals surface area contributed by atoms with E-state index in [1.165, 1.54) is 24.2 Å². The van der Waals surface area contributed by atoms with Gasteiger partial charge in [0.15, 0.2) is 0 Å². The summed E-state index contributed by atoms with van der Waals surface area (Å²) in [6.07, 6.45) is 3.14. The molecule has 2 fully saturated rings. The number of aryl methyl sites for hydroxylation is 1. The summed E-state index contributed by atoms with van der Waals surface area (Å²) in [4.78, 5) is 1.11. The van der Waals surface area contributed by atoms with Crippen LogP contribution < -0.4 is 10.0 Å². The van der Waals surface area contributed by atoms with Crippen molar-refractivity contribution in [3.63, 3.8) is 0 Å². The highest BCUT2D eigenvalue weighted by atomic mass is 32.2. The monoisotopic (exact) mass is 330 g/mol. The van der Waals surface area contributed by atoms with E-state index in [-0.39, 0.29) is 12.1 Å². The minimum Gasteiger partial charge on any atom is -0.377 e. The van der Waals surface area contributed by atoms with E-state index < -0.39 is 10.0 Å². The molecule has 7 heteroatoms. The topological polar surface area (TPSA) is 67.4 Å². The maximum Gasteiger partial charge on any atom is 0.250 e. The Kier molecular flexibility index (Phi) is 4.38. The van der Waals surface area contributed by atoms with Gasteiger partial charge in [-0.2, -0.15) is 0 Å². The van der Waals surface area contributed by atoms with E-state index in [9.17, 15) is 8.42 Å². The number of nitrogens with one attached hydrogen (secondary N) is 2. The quantitative estimate of drug-likeness (QED) is 0.834. The molecule has 1 aromatic rings. The van der Waals surface area contributed by atoms with Gasteiger partial charge in [0.2, 0.25) is 10.0 Å². The maximum atomic E-state index is 12.5. The van der Waals surface area contributed by atoms with Gasteiger partial charge in [-0.1, -0.05) is 0 Å². The zero-order valence-electron chi connectivity index (χ0n) is 12.4. The zero-order chi connectivity index (χ0) is 15.0. The maximum absolute atomic E-state index is 12.5. The van der Waals surface area contributed by atoms with Crippen LogP contribution in [0.2, 0.25) is 0 Å². The lowest BCUT2D eigenvalue weighted by molar-refractivity contribution is 0.117. The minimum atomic E-state index is -3.44. The average molecular weight is 330 g/mol. The van der Waals surface area contributed by atoms with Crippen molar-refractivity contribution in [1.82, 2.24) is 10.0 Å². The smallest absolute Gasteiger partial charge is 0.250 e. The Labute approximate surface area is 130 Å². The van der Waals surface area contributed by atoms with E-state index in [2.05, 4.69) is 10.0 Å². The predicted octanol–water partition coefficient (Wildman–Crippen LogP) is 1.76. The van der Waals surface area contributed by atoms with Crippen LogP contribution in [0, 0.1) is 6.92 Å². The van der Waals surface area contributed by atoms with Crippen molar-refractivity contribution in [3.05, 3.63) is 16.5 Å². The third-order valence-corrected chi connectivity index (χ3v) is 7.27.